The van der Waals surface area contributed by atoms with Gasteiger partial charge in [-0.25, -0.2) is 4.39 Å². The van der Waals surface area contributed by atoms with Gasteiger partial charge in [-0.2, -0.15) is 0 Å². The Bertz CT molecular complexity index is 447. The van der Waals surface area contributed by atoms with Gasteiger partial charge >= 0.3 is 0 Å². The van der Waals surface area contributed by atoms with E-state index in [2.05, 4.69) is 10.3 Å². The molecule has 17 heavy (non-hydrogen) atoms. The normalized spacial score (nSPS) is 26.1. The van der Waals surface area contributed by atoms with Crippen LogP contribution in [0.15, 0.2) is 18.5 Å². The third kappa shape index (κ3) is 2.15. The maximum absolute atomic E-state index is 12.9. The van der Waals surface area contributed by atoms with E-state index in [-0.39, 0.29) is 29.0 Å². The van der Waals surface area contributed by atoms with Crippen LogP contribution in [-0.4, -0.2) is 23.0 Å². The van der Waals surface area contributed by atoms with Gasteiger partial charge in [0.25, 0.3) is 5.91 Å². The van der Waals surface area contributed by atoms with E-state index in [4.69, 9.17) is 5.73 Å². The lowest BCUT2D eigenvalue weighted by atomic mass is 9.63. The molecule has 1 fully saturated rings. The van der Waals surface area contributed by atoms with Crippen molar-refractivity contribution in [3.05, 3.63) is 29.8 Å². The predicted molar refractivity (Wildman–Crippen MR) is 61.8 cm³/mol. The fourth-order valence-corrected chi connectivity index (χ4v) is 1.98. The lowest BCUT2D eigenvalue weighted by Crippen LogP contribution is -2.64. The number of rotatable bonds is 2. The molecule has 2 unspecified atom stereocenters. The first kappa shape index (κ1) is 12.0. The van der Waals surface area contributed by atoms with Crippen LogP contribution in [0.25, 0.3) is 0 Å². The van der Waals surface area contributed by atoms with Crippen LogP contribution in [-0.2, 0) is 0 Å². The summed E-state index contributed by atoms with van der Waals surface area (Å²) in [4.78, 5) is 15.5. The SMILES string of the molecule is CC1(C)C(N)CC1NC(=O)c1cncc(F)c1. The molecule has 1 heterocycles. The third-order valence-corrected chi connectivity index (χ3v) is 3.62. The highest BCUT2D eigenvalue weighted by molar-refractivity contribution is 5.94. The number of nitrogens with zero attached hydrogens (tertiary/aromatic N) is 1. The number of carbonyl (C=O) groups is 1. The van der Waals surface area contributed by atoms with E-state index in [1.165, 1.54) is 12.3 Å². The van der Waals surface area contributed by atoms with Gasteiger partial charge in [-0.1, -0.05) is 13.8 Å². The summed E-state index contributed by atoms with van der Waals surface area (Å²) in [6.45, 7) is 4.02. The Kier molecular flexibility index (Phi) is 2.87. The lowest BCUT2D eigenvalue weighted by molar-refractivity contribution is 0.0586. The highest BCUT2D eigenvalue weighted by atomic mass is 19.1. The topological polar surface area (TPSA) is 68.0 Å². The average molecular weight is 237 g/mol. The first-order chi connectivity index (χ1) is 7.91. The van der Waals surface area contributed by atoms with Crippen LogP contribution < -0.4 is 11.1 Å². The molecule has 5 heteroatoms. The summed E-state index contributed by atoms with van der Waals surface area (Å²) in [5, 5.41) is 2.85. The monoisotopic (exact) mass is 237 g/mol. The van der Waals surface area contributed by atoms with Crippen molar-refractivity contribution in [2.24, 2.45) is 11.1 Å². The highest BCUT2D eigenvalue weighted by Crippen LogP contribution is 2.39. The minimum atomic E-state index is -0.512. The van der Waals surface area contributed by atoms with Gasteiger partial charge in [-0.15, -0.1) is 0 Å². The number of hydrogen-bond acceptors (Lipinski definition) is 3. The van der Waals surface area contributed by atoms with E-state index < -0.39 is 5.82 Å². The molecule has 0 spiro atoms. The maximum Gasteiger partial charge on any atom is 0.253 e. The molecule has 92 valence electrons. The van der Waals surface area contributed by atoms with Crippen LogP contribution >= 0.6 is 0 Å². The highest BCUT2D eigenvalue weighted by Gasteiger charge is 2.46. The second-order valence-electron chi connectivity index (χ2n) is 5.08. The third-order valence-electron chi connectivity index (χ3n) is 3.62. The maximum atomic E-state index is 12.9. The van der Waals surface area contributed by atoms with Crippen LogP contribution in [0.3, 0.4) is 0 Å². The van der Waals surface area contributed by atoms with E-state index in [0.717, 1.165) is 12.6 Å². The summed E-state index contributed by atoms with van der Waals surface area (Å²) >= 11 is 0. The molecule has 1 amide bonds. The molecule has 3 N–H and O–H groups in total. The minimum Gasteiger partial charge on any atom is -0.349 e. The number of amides is 1. The van der Waals surface area contributed by atoms with Crippen LogP contribution in [0, 0.1) is 11.2 Å². The molecule has 4 nitrogen and oxygen atoms in total. The molecule has 1 aliphatic rings. The molecule has 0 aromatic carbocycles. The van der Waals surface area contributed by atoms with Crippen molar-refractivity contribution < 1.29 is 9.18 Å². The Morgan fingerprint density at radius 1 is 1.59 bits per heavy atom. The van der Waals surface area contributed by atoms with Crippen molar-refractivity contribution >= 4 is 5.91 Å². The average Bonchev–Trinajstić information content (AvgIpc) is 2.28. The first-order valence-corrected chi connectivity index (χ1v) is 5.58. The van der Waals surface area contributed by atoms with E-state index in [9.17, 15) is 9.18 Å². The molecule has 1 aromatic rings. The molecule has 1 aromatic heterocycles. The molecular formula is C12H16FN3O. The molecule has 0 saturated heterocycles. The largest absolute Gasteiger partial charge is 0.349 e. The molecule has 2 atom stereocenters. The van der Waals surface area contributed by atoms with Crippen molar-refractivity contribution in [2.45, 2.75) is 32.4 Å². The second kappa shape index (κ2) is 4.07. The van der Waals surface area contributed by atoms with Gasteiger partial charge in [0.2, 0.25) is 0 Å². The molecule has 0 bridgehead atoms. The van der Waals surface area contributed by atoms with Crippen molar-refractivity contribution in [1.29, 1.82) is 0 Å². The fourth-order valence-electron chi connectivity index (χ4n) is 1.98. The van der Waals surface area contributed by atoms with E-state index in [0.29, 0.717) is 0 Å². The van der Waals surface area contributed by atoms with E-state index >= 15 is 0 Å². The number of nitrogens with two attached hydrogens (primary N) is 1. The van der Waals surface area contributed by atoms with Crippen LogP contribution in [0.5, 0.6) is 0 Å². The van der Waals surface area contributed by atoms with Crippen LogP contribution in [0.2, 0.25) is 0 Å². The smallest absolute Gasteiger partial charge is 0.253 e. The van der Waals surface area contributed by atoms with Crippen molar-refractivity contribution in [3.63, 3.8) is 0 Å². The Morgan fingerprint density at radius 3 is 2.82 bits per heavy atom. The zero-order chi connectivity index (χ0) is 12.6. The molecule has 1 aliphatic carbocycles. The Morgan fingerprint density at radius 2 is 2.29 bits per heavy atom. The zero-order valence-corrected chi connectivity index (χ0v) is 9.90. The van der Waals surface area contributed by atoms with Crippen LogP contribution in [0.1, 0.15) is 30.6 Å². The number of pyridine rings is 1. The fraction of sp³-hybridized carbons (Fsp3) is 0.500. The minimum absolute atomic E-state index is 0.0354. The Balaban J connectivity index is 2.04. The second-order valence-corrected chi connectivity index (χ2v) is 5.08. The summed E-state index contributed by atoms with van der Waals surface area (Å²) in [6, 6.07) is 1.31. The molecule has 1 saturated carbocycles. The lowest BCUT2D eigenvalue weighted by Gasteiger charge is -2.50. The number of carbonyl (C=O) groups excluding carboxylic acids is 1. The van der Waals surface area contributed by atoms with E-state index in [1.807, 2.05) is 13.8 Å². The van der Waals surface area contributed by atoms with Crippen molar-refractivity contribution in [3.8, 4) is 0 Å². The number of hydrogen-bond donors (Lipinski definition) is 2. The predicted octanol–water partition coefficient (Wildman–Crippen LogP) is 1.08. The van der Waals surface area contributed by atoms with Crippen molar-refractivity contribution in [1.82, 2.24) is 10.3 Å². The molecule has 2 rings (SSSR count). The summed E-state index contributed by atoms with van der Waals surface area (Å²) in [5.41, 5.74) is 5.98. The molecular weight excluding hydrogens is 221 g/mol. The van der Waals surface area contributed by atoms with Gasteiger partial charge < -0.3 is 11.1 Å². The van der Waals surface area contributed by atoms with Gasteiger partial charge in [0.15, 0.2) is 0 Å². The number of aromatic nitrogens is 1. The quantitative estimate of drug-likeness (QED) is 0.808. The number of nitrogens with one attached hydrogen (secondary N) is 1. The van der Waals surface area contributed by atoms with Gasteiger partial charge in [0, 0.05) is 23.7 Å². The first-order valence-electron chi connectivity index (χ1n) is 5.58. The summed E-state index contributed by atoms with van der Waals surface area (Å²) in [7, 11) is 0. The zero-order valence-electron chi connectivity index (χ0n) is 9.90. The van der Waals surface area contributed by atoms with Crippen molar-refractivity contribution in [2.75, 3.05) is 0 Å². The summed E-state index contributed by atoms with van der Waals surface area (Å²) < 4.78 is 12.9. The van der Waals surface area contributed by atoms with Gasteiger partial charge in [0.05, 0.1) is 11.8 Å². The summed E-state index contributed by atoms with van der Waals surface area (Å²) in [5.74, 6) is -0.816. The Labute approximate surface area is 99.4 Å². The van der Waals surface area contributed by atoms with Gasteiger partial charge in [0.1, 0.15) is 5.82 Å². The molecule has 0 aliphatic heterocycles. The van der Waals surface area contributed by atoms with Gasteiger partial charge in [-0.05, 0) is 12.5 Å². The number of halogens is 1. The molecule has 0 radical (unpaired) electrons. The Hall–Kier alpha value is -1.49. The summed E-state index contributed by atoms with van der Waals surface area (Å²) in [6.07, 6.45) is 3.17. The standard InChI is InChI=1S/C12H16FN3O/c1-12(2)9(14)4-10(12)16-11(17)7-3-8(13)6-15-5-7/h3,5-6,9-10H,4,14H2,1-2H3,(H,16,17). The van der Waals surface area contributed by atoms with Crippen LogP contribution in [0.4, 0.5) is 4.39 Å². The van der Waals surface area contributed by atoms with Gasteiger partial charge in [-0.3, -0.25) is 9.78 Å². The van der Waals surface area contributed by atoms with E-state index in [1.54, 1.807) is 0 Å².